The summed E-state index contributed by atoms with van der Waals surface area (Å²) in [5.41, 5.74) is 0.900. The van der Waals surface area contributed by atoms with Gasteiger partial charge in [-0.3, -0.25) is 13.9 Å². The van der Waals surface area contributed by atoms with Gasteiger partial charge in [0.2, 0.25) is 11.8 Å². The van der Waals surface area contributed by atoms with Gasteiger partial charge in [-0.15, -0.1) is 0 Å². The molecule has 0 saturated heterocycles. The van der Waals surface area contributed by atoms with Gasteiger partial charge in [-0.2, -0.15) is 0 Å². The van der Waals surface area contributed by atoms with E-state index in [0.29, 0.717) is 36.6 Å². The van der Waals surface area contributed by atoms with Crippen LogP contribution in [0.3, 0.4) is 0 Å². The first-order chi connectivity index (χ1) is 19.6. The molecule has 0 unspecified atom stereocenters. The Morgan fingerprint density at radius 3 is 2.27 bits per heavy atom. The van der Waals surface area contributed by atoms with Gasteiger partial charge in [0, 0.05) is 13.1 Å². The lowest BCUT2D eigenvalue weighted by molar-refractivity contribution is -0.139. The maximum absolute atomic E-state index is 13.9. The first-order valence-electron chi connectivity index (χ1n) is 13.3. The number of nitrogens with zero attached hydrogens (tertiary/aromatic N) is 2. The Balaban J connectivity index is 2.03. The number of hydrogen-bond acceptors (Lipinski definition) is 6. The molecule has 3 aromatic rings. The van der Waals surface area contributed by atoms with Crippen LogP contribution in [-0.4, -0.2) is 58.0 Å². The topological polar surface area (TPSA) is 105 Å². The zero-order valence-electron chi connectivity index (χ0n) is 23.7. The zero-order chi connectivity index (χ0) is 30.0. The molecule has 0 radical (unpaired) electrons. The van der Waals surface area contributed by atoms with Gasteiger partial charge in [0.05, 0.1) is 24.3 Å². The van der Waals surface area contributed by atoms with E-state index in [1.54, 1.807) is 43.3 Å². The predicted octanol–water partition coefficient (Wildman–Crippen LogP) is 4.37. The van der Waals surface area contributed by atoms with Crippen LogP contribution in [0.15, 0.2) is 77.7 Å². The van der Waals surface area contributed by atoms with Crippen molar-refractivity contribution in [1.29, 1.82) is 0 Å². The van der Waals surface area contributed by atoms with Gasteiger partial charge in [0.25, 0.3) is 10.0 Å². The van der Waals surface area contributed by atoms with E-state index in [0.717, 1.165) is 28.6 Å². The van der Waals surface area contributed by atoms with Crippen LogP contribution < -0.4 is 19.1 Å². The van der Waals surface area contributed by atoms with Crippen LogP contribution in [0.4, 0.5) is 10.1 Å². The van der Waals surface area contributed by atoms with E-state index in [9.17, 15) is 22.4 Å². The standard InChI is InChI=1S/C30H36FN3O6S/c1-5-18-32-30(36)22(3)33(20-23-8-7-9-27(19-23)39-4)29(35)21-34(25-12-14-26(15-13-25)40-6-2)41(37,38)28-16-10-24(31)11-17-28/h7-17,19,22H,5-6,18,20-21H2,1-4H3,(H,32,36)/t22-/m0/s1. The van der Waals surface area contributed by atoms with E-state index in [-0.39, 0.29) is 23.0 Å². The number of amides is 2. The number of benzene rings is 3. The van der Waals surface area contributed by atoms with Crippen molar-refractivity contribution < 1.29 is 31.9 Å². The quantitative estimate of drug-likeness (QED) is 0.301. The zero-order valence-corrected chi connectivity index (χ0v) is 24.5. The van der Waals surface area contributed by atoms with Crippen LogP contribution >= 0.6 is 0 Å². The van der Waals surface area contributed by atoms with Crippen molar-refractivity contribution in [3.63, 3.8) is 0 Å². The lowest BCUT2D eigenvalue weighted by Crippen LogP contribution is -2.51. The molecule has 1 N–H and O–H groups in total. The third-order valence-corrected chi connectivity index (χ3v) is 8.11. The molecular weight excluding hydrogens is 549 g/mol. The van der Waals surface area contributed by atoms with Crippen molar-refractivity contribution in [3.8, 4) is 11.5 Å². The summed E-state index contributed by atoms with van der Waals surface area (Å²) in [7, 11) is -2.78. The molecule has 0 aromatic heterocycles. The highest BCUT2D eigenvalue weighted by molar-refractivity contribution is 7.92. The van der Waals surface area contributed by atoms with Gasteiger partial charge in [0.1, 0.15) is 29.9 Å². The second-order valence-electron chi connectivity index (χ2n) is 9.23. The van der Waals surface area contributed by atoms with E-state index in [2.05, 4.69) is 5.32 Å². The second kappa shape index (κ2) is 14.5. The Labute approximate surface area is 240 Å². The fraction of sp³-hybridized carbons (Fsp3) is 0.333. The van der Waals surface area contributed by atoms with Gasteiger partial charge in [-0.25, -0.2) is 12.8 Å². The summed E-state index contributed by atoms with van der Waals surface area (Å²) in [4.78, 5) is 28.0. The van der Waals surface area contributed by atoms with Crippen molar-refractivity contribution in [1.82, 2.24) is 10.2 Å². The number of carbonyl (C=O) groups is 2. The lowest BCUT2D eigenvalue weighted by Gasteiger charge is -2.32. The Hall–Kier alpha value is -4.12. The van der Waals surface area contributed by atoms with Crippen LogP contribution in [0.1, 0.15) is 32.8 Å². The van der Waals surface area contributed by atoms with Crippen LogP contribution in [-0.2, 0) is 26.2 Å². The molecule has 1 atom stereocenters. The molecule has 0 spiro atoms. The highest BCUT2D eigenvalue weighted by Gasteiger charge is 2.32. The third-order valence-electron chi connectivity index (χ3n) is 6.32. The molecule has 0 aliphatic heterocycles. The van der Waals surface area contributed by atoms with E-state index >= 15 is 0 Å². The third kappa shape index (κ3) is 8.20. The number of ether oxygens (including phenoxy) is 2. The first kappa shape index (κ1) is 31.4. The average molecular weight is 586 g/mol. The minimum atomic E-state index is -4.31. The number of halogens is 1. The fourth-order valence-corrected chi connectivity index (χ4v) is 5.50. The second-order valence-corrected chi connectivity index (χ2v) is 11.1. The van der Waals surface area contributed by atoms with Crippen LogP contribution in [0.2, 0.25) is 0 Å². The predicted molar refractivity (Wildman–Crippen MR) is 155 cm³/mol. The summed E-state index contributed by atoms with van der Waals surface area (Å²) in [5, 5.41) is 2.80. The largest absolute Gasteiger partial charge is 0.497 e. The molecule has 3 rings (SSSR count). The number of nitrogens with one attached hydrogen (secondary N) is 1. The Bertz CT molecular complexity index is 1410. The Morgan fingerprint density at radius 2 is 1.66 bits per heavy atom. The summed E-state index contributed by atoms with van der Waals surface area (Å²) >= 11 is 0. The van der Waals surface area contributed by atoms with E-state index in [1.165, 1.54) is 24.1 Å². The maximum Gasteiger partial charge on any atom is 0.264 e. The van der Waals surface area contributed by atoms with E-state index < -0.39 is 34.3 Å². The SMILES string of the molecule is CCCNC(=O)[C@H](C)N(Cc1cccc(OC)c1)C(=O)CN(c1ccc(OCC)cc1)S(=O)(=O)c1ccc(F)cc1. The molecular formula is C30H36FN3O6S. The fourth-order valence-electron chi connectivity index (χ4n) is 4.08. The molecule has 41 heavy (non-hydrogen) atoms. The van der Waals surface area contributed by atoms with Gasteiger partial charge in [0.15, 0.2) is 0 Å². The molecule has 3 aromatic carbocycles. The normalized spacial score (nSPS) is 11.8. The van der Waals surface area contributed by atoms with Crippen LogP contribution in [0.5, 0.6) is 11.5 Å². The summed E-state index contributed by atoms with van der Waals surface area (Å²) in [6.45, 7) is 5.62. The number of carbonyl (C=O) groups excluding carboxylic acids is 2. The average Bonchev–Trinajstić information content (AvgIpc) is 2.97. The summed E-state index contributed by atoms with van der Waals surface area (Å²) in [6, 6.07) is 16.8. The first-order valence-corrected chi connectivity index (χ1v) is 14.8. The van der Waals surface area contributed by atoms with Crippen molar-refractivity contribution >= 4 is 27.5 Å². The van der Waals surface area contributed by atoms with E-state index in [4.69, 9.17) is 9.47 Å². The molecule has 9 nitrogen and oxygen atoms in total. The number of sulfonamides is 1. The molecule has 0 bridgehead atoms. The number of anilines is 1. The van der Waals surface area contributed by atoms with Crippen molar-refractivity contribution in [2.75, 3.05) is 31.1 Å². The van der Waals surface area contributed by atoms with Gasteiger partial charge in [-0.1, -0.05) is 19.1 Å². The minimum Gasteiger partial charge on any atom is -0.497 e. The molecule has 0 aliphatic carbocycles. The van der Waals surface area contributed by atoms with Crippen molar-refractivity contribution in [2.24, 2.45) is 0 Å². The molecule has 11 heteroatoms. The minimum absolute atomic E-state index is 0.0322. The number of rotatable bonds is 14. The summed E-state index contributed by atoms with van der Waals surface area (Å²) in [5.74, 6) is -0.455. The van der Waals surface area contributed by atoms with Crippen LogP contribution in [0, 0.1) is 5.82 Å². The van der Waals surface area contributed by atoms with Crippen molar-refractivity contribution in [2.45, 2.75) is 44.7 Å². The maximum atomic E-state index is 13.9. The summed E-state index contributed by atoms with van der Waals surface area (Å²) < 4.78 is 53.0. The number of hydrogen-bond donors (Lipinski definition) is 1. The van der Waals surface area contributed by atoms with Crippen molar-refractivity contribution in [3.05, 3.63) is 84.2 Å². The highest BCUT2D eigenvalue weighted by atomic mass is 32.2. The highest BCUT2D eigenvalue weighted by Crippen LogP contribution is 2.27. The Morgan fingerprint density at radius 1 is 0.976 bits per heavy atom. The number of methoxy groups -OCH3 is 1. The van der Waals surface area contributed by atoms with E-state index in [1.807, 2.05) is 13.8 Å². The van der Waals surface area contributed by atoms with Crippen LogP contribution in [0.25, 0.3) is 0 Å². The van der Waals surface area contributed by atoms with Gasteiger partial charge < -0.3 is 19.7 Å². The smallest absolute Gasteiger partial charge is 0.264 e. The molecule has 0 heterocycles. The lowest BCUT2D eigenvalue weighted by atomic mass is 10.1. The van der Waals surface area contributed by atoms with Gasteiger partial charge >= 0.3 is 0 Å². The summed E-state index contributed by atoms with van der Waals surface area (Å²) in [6.07, 6.45) is 0.712. The molecule has 0 aliphatic rings. The Kier molecular flexibility index (Phi) is 11.1. The molecule has 0 fully saturated rings. The van der Waals surface area contributed by atoms with Gasteiger partial charge in [-0.05, 0) is 86.5 Å². The molecule has 0 saturated carbocycles. The molecule has 2 amide bonds. The monoisotopic (exact) mass is 585 g/mol. The molecule has 220 valence electrons.